The highest BCUT2D eigenvalue weighted by molar-refractivity contribution is 5.98. The standard InChI is InChI=1S/C36H44N4O6/c1-21(2)31(40-35(45)46-20-30-28-12-8-6-10-26(28)27-11-7-9-13-29(27)30)33(42)38-22(3)32(41)39-25-16-14-23(15-17-25)18-24(37)19-36(4,5)34(43)44/h6-17,21-22,24,30-31H,18-20,37H2,1-5H3,(H,38,42)(H,39,41)(H,40,45)(H,43,44). The maximum atomic E-state index is 13.2. The fourth-order valence-electron chi connectivity index (χ4n) is 5.76. The first-order valence-corrected chi connectivity index (χ1v) is 15.6. The molecule has 1 aliphatic carbocycles. The zero-order valence-electron chi connectivity index (χ0n) is 27.0. The van der Waals surface area contributed by atoms with Gasteiger partial charge in [-0.1, -0.05) is 74.5 Å². The summed E-state index contributed by atoms with van der Waals surface area (Å²) in [7, 11) is 0. The van der Waals surface area contributed by atoms with E-state index < -0.39 is 41.4 Å². The third kappa shape index (κ3) is 8.31. The van der Waals surface area contributed by atoms with Crippen LogP contribution in [-0.2, 0) is 25.5 Å². The fourth-order valence-corrected chi connectivity index (χ4v) is 5.76. The molecule has 244 valence electrons. The normalized spacial score (nSPS) is 14.4. The lowest BCUT2D eigenvalue weighted by atomic mass is 9.84. The molecule has 6 N–H and O–H groups in total. The van der Waals surface area contributed by atoms with Gasteiger partial charge in [-0.3, -0.25) is 14.4 Å². The number of carboxylic acids is 1. The molecule has 0 saturated carbocycles. The number of amides is 3. The zero-order valence-corrected chi connectivity index (χ0v) is 27.0. The number of carboxylic acid groups (broad SMARTS) is 1. The fraction of sp³-hybridized carbons (Fsp3) is 0.389. The van der Waals surface area contributed by atoms with Crippen molar-refractivity contribution in [1.29, 1.82) is 0 Å². The molecule has 0 bridgehead atoms. The molecule has 46 heavy (non-hydrogen) atoms. The number of aliphatic carboxylic acids is 1. The molecule has 0 saturated heterocycles. The lowest BCUT2D eigenvalue weighted by Gasteiger charge is -2.24. The van der Waals surface area contributed by atoms with Gasteiger partial charge in [-0.2, -0.15) is 0 Å². The van der Waals surface area contributed by atoms with Gasteiger partial charge in [0.2, 0.25) is 11.8 Å². The van der Waals surface area contributed by atoms with Crippen molar-refractivity contribution in [3.8, 4) is 11.1 Å². The third-order valence-electron chi connectivity index (χ3n) is 8.39. The Labute approximate surface area is 270 Å². The van der Waals surface area contributed by atoms with E-state index in [1.807, 2.05) is 48.5 Å². The van der Waals surface area contributed by atoms with Crippen molar-refractivity contribution < 1.29 is 29.0 Å². The topological polar surface area (TPSA) is 160 Å². The number of rotatable bonds is 13. The largest absolute Gasteiger partial charge is 0.481 e. The molecule has 0 heterocycles. The van der Waals surface area contributed by atoms with E-state index in [4.69, 9.17) is 10.5 Å². The van der Waals surface area contributed by atoms with Crippen LogP contribution in [0.5, 0.6) is 0 Å². The van der Waals surface area contributed by atoms with Crippen LogP contribution < -0.4 is 21.7 Å². The molecule has 0 radical (unpaired) electrons. The predicted octanol–water partition coefficient (Wildman–Crippen LogP) is 5.06. The van der Waals surface area contributed by atoms with Crippen LogP contribution in [0.1, 0.15) is 63.6 Å². The lowest BCUT2D eigenvalue weighted by molar-refractivity contribution is -0.147. The van der Waals surface area contributed by atoms with Crippen LogP contribution in [0.3, 0.4) is 0 Å². The Bertz CT molecular complexity index is 1520. The van der Waals surface area contributed by atoms with E-state index in [-0.39, 0.29) is 24.5 Å². The third-order valence-corrected chi connectivity index (χ3v) is 8.39. The number of nitrogens with one attached hydrogen (secondary N) is 3. The molecule has 0 fully saturated rings. The van der Waals surface area contributed by atoms with Gasteiger partial charge in [0.05, 0.1) is 5.41 Å². The minimum Gasteiger partial charge on any atom is -0.481 e. The van der Waals surface area contributed by atoms with Gasteiger partial charge in [0.1, 0.15) is 18.7 Å². The van der Waals surface area contributed by atoms with Crippen molar-refractivity contribution in [3.05, 3.63) is 89.5 Å². The van der Waals surface area contributed by atoms with E-state index in [0.29, 0.717) is 18.5 Å². The number of carbonyl (C=O) groups is 4. The summed E-state index contributed by atoms with van der Waals surface area (Å²) >= 11 is 0. The molecule has 10 nitrogen and oxygen atoms in total. The number of hydrogen-bond acceptors (Lipinski definition) is 6. The van der Waals surface area contributed by atoms with Crippen LogP contribution in [0.2, 0.25) is 0 Å². The summed E-state index contributed by atoms with van der Waals surface area (Å²) in [6, 6.07) is 21.1. The molecule has 3 unspecified atom stereocenters. The van der Waals surface area contributed by atoms with Crippen molar-refractivity contribution in [2.75, 3.05) is 11.9 Å². The lowest BCUT2D eigenvalue weighted by Crippen LogP contribution is -2.53. The van der Waals surface area contributed by atoms with Crippen molar-refractivity contribution in [3.63, 3.8) is 0 Å². The molecular weight excluding hydrogens is 584 g/mol. The van der Waals surface area contributed by atoms with E-state index in [1.54, 1.807) is 46.8 Å². The molecule has 0 aromatic heterocycles. The first kappa shape index (κ1) is 34.2. The molecule has 1 aliphatic rings. The number of anilines is 1. The van der Waals surface area contributed by atoms with Gasteiger partial charge >= 0.3 is 12.1 Å². The van der Waals surface area contributed by atoms with E-state index in [1.165, 1.54) is 0 Å². The smallest absolute Gasteiger partial charge is 0.407 e. The number of carbonyl (C=O) groups excluding carboxylic acids is 3. The summed E-state index contributed by atoms with van der Waals surface area (Å²) in [5, 5.41) is 17.5. The monoisotopic (exact) mass is 628 g/mol. The molecule has 3 aromatic carbocycles. The quantitative estimate of drug-likeness (QED) is 0.177. The Morgan fingerprint density at radius 2 is 1.41 bits per heavy atom. The first-order valence-electron chi connectivity index (χ1n) is 15.6. The second kappa shape index (κ2) is 14.6. The van der Waals surface area contributed by atoms with Crippen molar-refractivity contribution >= 4 is 29.6 Å². The summed E-state index contributed by atoms with van der Waals surface area (Å²) in [5.74, 6) is -2.20. The van der Waals surface area contributed by atoms with Crippen LogP contribution in [-0.4, -0.2) is 53.7 Å². The second-order valence-corrected chi connectivity index (χ2v) is 13.0. The van der Waals surface area contributed by atoms with Gasteiger partial charge in [0, 0.05) is 17.6 Å². The van der Waals surface area contributed by atoms with Crippen molar-refractivity contribution in [1.82, 2.24) is 10.6 Å². The SMILES string of the molecule is CC(NC(=O)C(NC(=O)OCC1c2ccccc2-c2ccccc21)C(C)C)C(=O)Nc1ccc(CC(N)CC(C)(C)C(=O)O)cc1. The van der Waals surface area contributed by atoms with Crippen LogP contribution in [0.15, 0.2) is 72.8 Å². The second-order valence-electron chi connectivity index (χ2n) is 13.0. The number of alkyl carbamates (subject to hydrolysis) is 1. The van der Waals surface area contributed by atoms with Crippen LogP contribution in [0.25, 0.3) is 11.1 Å². The molecule has 4 rings (SSSR count). The average molecular weight is 629 g/mol. The number of ether oxygens (including phenoxy) is 1. The Morgan fingerprint density at radius 3 is 1.96 bits per heavy atom. The molecule has 0 aliphatic heterocycles. The summed E-state index contributed by atoms with van der Waals surface area (Å²) in [6.07, 6.45) is 0.107. The average Bonchev–Trinajstić information content (AvgIpc) is 3.32. The van der Waals surface area contributed by atoms with Gasteiger partial charge in [0.15, 0.2) is 0 Å². The molecular formula is C36H44N4O6. The summed E-state index contributed by atoms with van der Waals surface area (Å²) in [5.41, 5.74) is 11.1. The highest BCUT2D eigenvalue weighted by atomic mass is 16.5. The molecule has 10 heteroatoms. The van der Waals surface area contributed by atoms with E-state index in [9.17, 15) is 24.3 Å². The Morgan fingerprint density at radius 1 is 0.848 bits per heavy atom. The van der Waals surface area contributed by atoms with Crippen molar-refractivity contribution in [2.45, 2.75) is 71.5 Å². The van der Waals surface area contributed by atoms with E-state index in [2.05, 4.69) is 28.1 Å². The van der Waals surface area contributed by atoms with Crippen LogP contribution in [0.4, 0.5) is 10.5 Å². The minimum absolute atomic E-state index is 0.108. The number of nitrogens with two attached hydrogens (primary N) is 1. The Balaban J connectivity index is 1.28. The number of hydrogen-bond donors (Lipinski definition) is 5. The molecule has 3 atom stereocenters. The zero-order chi connectivity index (χ0) is 33.6. The summed E-state index contributed by atoms with van der Waals surface area (Å²) < 4.78 is 5.63. The molecule has 0 spiro atoms. The van der Waals surface area contributed by atoms with Crippen LogP contribution >= 0.6 is 0 Å². The van der Waals surface area contributed by atoms with Crippen LogP contribution in [0, 0.1) is 11.3 Å². The van der Waals surface area contributed by atoms with Crippen molar-refractivity contribution in [2.24, 2.45) is 17.1 Å². The van der Waals surface area contributed by atoms with Gasteiger partial charge in [-0.25, -0.2) is 4.79 Å². The summed E-state index contributed by atoms with van der Waals surface area (Å²) in [4.78, 5) is 50.3. The van der Waals surface area contributed by atoms with Gasteiger partial charge in [-0.15, -0.1) is 0 Å². The number of fused-ring (bicyclic) bond motifs is 3. The van der Waals surface area contributed by atoms with Gasteiger partial charge in [0.25, 0.3) is 0 Å². The highest BCUT2D eigenvalue weighted by Gasteiger charge is 2.32. The minimum atomic E-state index is -0.923. The maximum absolute atomic E-state index is 13.2. The van der Waals surface area contributed by atoms with Gasteiger partial charge in [-0.05, 0) is 79.5 Å². The maximum Gasteiger partial charge on any atom is 0.407 e. The first-order chi connectivity index (χ1) is 21.8. The molecule has 3 aromatic rings. The van der Waals surface area contributed by atoms with E-state index in [0.717, 1.165) is 27.8 Å². The highest BCUT2D eigenvalue weighted by Crippen LogP contribution is 2.44. The van der Waals surface area contributed by atoms with Gasteiger partial charge < -0.3 is 31.5 Å². The Kier molecular flexibility index (Phi) is 10.8. The molecule has 3 amide bonds. The van der Waals surface area contributed by atoms with E-state index >= 15 is 0 Å². The predicted molar refractivity (Wildman–Crippen MR) is 177 cm³/mol. The Hall–Kier alpha value is -4.70. The summed E-state index contributed by atoms with van der Waals surface area (Å²) in [6.45, 7) is 8.58. The number of benzene rings is 3.